The fourth-order valence-electron chi connectivity index (χ4n) is 3.30. The Bertz CT molecular complexity index is 1020. The topological polar surface area (TPSA) is 75.3 Å². The van der Waals surface area contributed by atoms with E-state index in [4.69, 9.17) is 28.9 Å². The van der Waals surface area contributed by atoms with Gasteiger partial charge in [-0.1, -0.05) is 35.3 Å². The van der Waals surface area contributed by atoms with Crippen molar-refractivity contribution in [2.24, 2.45) is 0 Å². The standard InChI is InChI=1S/C20H19Cl2N5OS/c21-15-3-1-13(2-4-15)11-26-5-7-27(8-6-26)19(28)14-9-16(24-18(22)10-14)17-12-29-20(23)25-17/h1-4,9-10,12H,5-8,11H2,(H2,23,25). The maximum Gasteiger partial charge on any atom is 0.254 e. The van der Waals surface area contributed by atoms with Crippen LogP contribution in [0, 0.1) is 0 Å². The van der Waals surface area contributed by atoms with E-state index >= 15 is 0 Å². The first-order valence-electron chi connectivity index (χ1n) is 9.13. The third-order valence-corrected chi connectivity index (χ3v) is 5.92. The van der Waals surface area contributed by atoms with Crippen LogP contribution in [0.3, 0.4) is 0 Å². The van der Waals surface area contributed by atoms with Gasteiger partial charge in [0.15, 0.2) is 5.13 Å². The van der Waals surface area contributed by atoms with Crippen LogP contribution in [-0.2, 0) is 6.54 Å². The molecular formula is C20H19Cl2N5OS. The zero-order valence-electron chi connectivity index (χ0n) is 15.5. The highest BCUT2D eigenvalue weighted by atomic mass is 35.5. The fourth-order valence-corrected chi connectivity index (χ4v) is 4.19. The van der Waals surface area contributed by atoms with E-state index < -0.39 is 0 Å². The summed E-state index contributed by atoms with van der Waals surface area (Å²) >= 11 is 13.4. The number of halogens is 2. The number of pyridine rings is 1. The van der Waals surface area contributed by atoms with Crippen LogP contribution in [0.15, 0.2) is 41.8 Å². The Morgan fingerprint density at radius 1 is 1.03 bits per heavy atom. The van der Waals surface area contributed by atoms with Gasteiger partial charge in [-0.15, -0.1) is 11.3 Å². The number of piperazine rings is 1. The second kappa shape index (κ2) is 8.67. The zero-order chi connectivity index (χ0) is 20.4. The number of amides is 1. The molecule has 0 bridgehead atoms. The van der Waals surface area contributed by atoms with Gasteiger partial charge in [0.1, 0.15) is 10.8 Å². The number of anilines is 1. The highest BCUT2D eigenvalue weighted by Gasteiger charge is 2.23. The molecule has 1 fully saturated rings. The molecule has 150 valence electrons. The van der Waals surface area contributed by atoms with Gasteiger partial charge in [0.05, 0.1) is 5.69 Å². The lowest BCUT2D eigenvalue weighted by molar-refractivity contribution is 0.0628. The number of carbonyl (C=O) groups excluding carboxylic acids is 1. The van der Waals surface area contributed by atoms with E-state index in [1.165, 1.54) is 16.9 Å². The number of nitrogens with zero attached hydrogens (tertiary/aromatic N) is 4. The number of carbonyl (C=O) groups is 1. The van der Waals surface area contributed by atoms with Crippen LogP contribution in [0.5, 0.6) is 0 Å². The van der Waals surface area contributed by atoms with Gasteiger partial charge in [-0.2, -0.15) is 0 Å². The van der Waals surface area contributed by atoms with Crippen molar-refractivity contribution < 1.29 is 4.79 Å². The van der Waals surface area contributed by atoms with Crippen molar-refractivity contribution in [1.29, 1.82) is 0 Å². The molecule has 0 aliphatic carbocycles. The summed E-state index contributed by atoms with van der Waals surface area (Å²) in [6.45, 7) is 3.78. The first kappa shape index (κ1) is 20.1. The lowest BCUT2D eigenvalue weighted by Gasteiger charge is -2.34. The van der Waals surface area contributed by atoms with E-state index in [1.54, 1.807) is 17.5 Å². The average Bonchev–Trinajstić information content (AvgIpc) is 3.16. The molecule has 1 saturated heterocycles. The second-order valence-corrected chi connectivity index (χ2v) is 8.54. The number of hydrogen-bond donors (Lipinski definition) is 1. The summed E-state index contributed by atoms with van der Waals surface area (Å²) in [5.74, 6) is -0.0510. The molecule has 0 atom stereocenters. The largest absolute Gasteiger partial charge is 0.375 e. The summed E-state index contributed by atoms with van der Waals surface area (Å²) in [5.41, 5.74) is 8.60. The van der Waals surface area contributed by atoms with Gasteiger partial charge >= 0.3 is 0 Å². The molecule has 1 aliphatic rings. The number of rotatable bonds is 4. The van der Waals surface area contributed by atoms with E-state index in [-0.39, 0.29) is 11.1 Å². The Labute approximate surface area is 182 Å². The SMILES string of the molecule is Nc1nc(-c2cc(C(=O)N3CCN(Cc4ccc(Cl)cc4)CC3)cc(Cl)n2)cs1. The number of thiazole rings is 1. The molecule has 6 nitrogen and oxygen atoms in total. The Kier molecular flexibility index (Phi) is 6.01. The third-order valence-electron chi connectivity index (χ3n) is 4.80. The molecule has 29 heavy (non-hydrogen) atoms. The van der Waals surface area contributed by atoms with Crippen molar-refractivity contribution in [3.05, 3.63) is 63.1 Å². The molecular weight excluding hydrogens is 429 g/mol. The smallest absolute Gasteiger partial charge is 0.254 e. The van der Waals surface area contributed by atoms with Crippen LogP contribution in [0.2, 0.25) is 10.2 Å². The van der Waals surface area contributed by atoms with Gasteiger partial charge in [-0.25, -0.2) is 9.97 Å². The summed E-state index contributed by atoms with van der Waals surface area (Å²) in [4.78, 5) is 25.7. The lowest BCUT2D eigenvalue weighted by Crippen LogP contribution is -2.48. The third kappa shape index (κ3) is 4.87. The molecule has 4 rings (SSSR count). The molecule has 1 aromatic carbocycles. The number of nitrogen functional groups attached to an aromatic ring is 1. The zero-order valence-corrected chi connectivity index (χ0v) is 17.8. The quantitative estimate of drug-likeness (QED) is 0.610. The van der Waals surface area contributed by atoms with Crippen LogP contribution < -0.4 is 5.73 Å². The minimum Gasteiger partial charge on any atom is -0.375 e. The minimum atomic E-state index is -0.0510. The second-order valence-electron chi connectivity index (χ2n) is 6.83. The minimum absolute atomic E-state index is 0.0510. The van der Waals surface area contributed by atoms with Gasteiger partial charge in [-0.05, 0) is 29.8 Å². The van der Waals surface area contributed by atoms with Gasteiger partial charge in [0, 0.05) is 48.7 Å². The van der Waals surface area contributed by atoms with Crippen LogP contribution in [0.1, 0.15) is 15.9 Å². The Morgan fingerprint density at radius 3 is 2.41 bits per heavy atom. The Hall–Kier alpha value is -2.19. The molecule has 0 radical (unpaired) electrons. The first-order chi connectivity index (χ1) is 14.0. The first-order valence-corrected chi connectivity index (χ1v) is 10.8. The number of aromatic nitrogens is 2. The van der Waals surface area contributed by atoms with Crippen molar-refractivity contribution in [3.8, 4) is 11.4 Å². The summed E-state index contributed by atoms with van der Waals surface area (Å²) in [6.07, 6.45) is 0. The van der Waals surface area contributed by atoms with Crippen molar-refractivity contribution in [2.45, 2.75) is 6.54 Å². The highest BCUT2D eigenvalue weighted by molar-refractivity contribution is 7.13. The highest BCUT2D eigenvalue weighted by Crippen LogP contribution is 2.25. The van der Waals surface area contributed by atoms with Gasteiger partial charge in [0.2, 0.25) is 0 Å². The van der Waals surface area contributed by atoms with Gasteiger partial charge in [-0.3, -0.25) is 9.69 Å². The molecule has 1 aliphatic heterocycles. The predicted octanol–water partition coefficient (Wildman–Crippen LogP) is 4.05. The molecule has 9 heteroatoms. The van der Waals surface area contributed by atoms with E-state index in [0.717, 1.165) is 24.7 Å². The van der Waals surface area contributed by atoms with Crippen molar-refractivity contribution in [3.63, 3.8) is 0 Å². The Balaban J connectivity index is 1.42. The predicted molar refractivity (Wildman–Crippen MR) is 117 cm³/mol. The normalized spacial score (nSPS) is 14.9. The van der Waals surface area contributed by atoms with E-state index in [0.29, 0.717) is 35.2 Å². The van der Waals surface area contributed by atoms with E-state index in [1.807, 2.05) is 29.2 Å². The number of nitrogens with two attached hydrogens (primary N) is 1. The van der Waals surface area contributed by atoms with Crippen molar-refractivity contribution in [2.75, 3.05) is 31.9 Å². The monoisotopic (exact) mass is 447 g/mol. The molecule has 3 heterocycles. The molecule has 2 N–H and O–H groups in total. The fraction of sp³-hybridized carbons (Fsp3) is 0.250. The number of hydrogen-bond acceptors (Lipinski definition) is 6. The Morgan fingerprint density at radius 2 is 1.76 bits per heavy atom. The maximum absolute atomic E-state index is 13.0. The lowest BCUT2D eigenvalue weighted by atomic mass is 10.1. The average molecular weight is 448 g/mol. The molecule has 3 aromatic rings. The van der Waals surface area contributed by atoms with E-state index in [2.05, 4.69) is 14.9 Å². The van der Waals surface area contributed by atoms with Crippen LogP contribution in [0.25, 0.3) is 11.4 Å². The van der Waals surface area contributed by atoms with Crippen molar-refractivity contribution in [1.82, 2.24) is 19.8 Å². The summed E-state index contributed by atoms with van der Waals surface area (Å²) in [6, 6.07) is 11.2. The van der Waals surface area contributed by atoms with Crippen molar-refractivity contribution >= 4 is 45.6 Å². The summed E-state index contributed by atoms with van der Waals surface area (Å²) in [7, 11) is 0. The van der Waals surface area contributed by atoms with Crippen LogP contribution >= 0.6 is 34.5 Å². The summed E-state index contributed by atoms with van der Waals surface area (Å²) in [5, 5.41) is 3.25. The molecule has 0 saturated carbocycles. The van der Waals surface area contributed by atoms with Crippen LogP contribution in [-0.4, -0.2) is 51.9 Å². The maximum atomic E-state index is 13.0. The molecule has 0 spiro atoms. The summed E-state index contributed by atoms with van der Waals surface area (Å²) < 4.78 is 0. The molecule has 1 amide bonds. The van der Waals surface area contributed by atoms with Gasteiger partial charge in [0.25, 0.3) is 5.91 Å². The molecule has 0 unspecified atom stereocenters. The number of benzene rings is 1. The van der Waals surface area contributed by atoms with E-state index in [9.17, 15) is 4.79 Å². The molecule has 2 aromatic heterocycles. The van der Waals surface area contributed by atoms with Crippen LogP contribution in [0.4, 0.5) is 5.13 Å². The van der Waals surface area contributed by atoms with Gasteiger partial charge < -0.3 is 10.6 Å².